The van der Waals surface area contributed by atoms with Crippen LogP contribution in [0.2, 0.25) is 0 Å². The maximum Gasteiger partial charge on any atom is 0.274 e. The number of anilines is 2. The summed E-state index contributed by atoms with van der Waals surface area (Å²) in [5, 5.41) is 14.9. The van der Waals surface area contributed by atoms with Gasteiger partial charge in [-0.05, 0) is 38.0 Å². The summed E-state index contributed by atoms with van der Waals surface area (Å²) in [4.78, 5) is 30.6. The van der Waals surface area contributed by atoms with E-state index in [2.05, 4.69) is 10.2 Å². The van der Waals surface area contributed by atoms with Crippen LogP contribution in [0.25, 0.3) is 10.9 Å². The van der Waals surface area contributed by atoms with Crippen molar-refractivity contribution < 1.29 is 9.72 Å². The second-order valence-corrected chi connectivity index (χ2v) is 6.96. The second-order valence-electron chi connectivity index (χ2n) is 6.96. The average Bonchev–Trinajstić information content (AvgIpc) is 3.23. The molecular formula is C21H20N4O3. The Hall–Kier alpha value is -3.48. The van der Waals surface area contributed by atoms with Gasteiger partial charge in [-0.15, -0.1) is 0 Å². The minimum Gasteiger partial charge on any atom is -0.356 e. The van der Waals surface area contributed by atoms with E-state index in [-0.39, 0.29) is 11.6 Å². The number of hydrogen-bond donors (Lipinski definition) is 1. The highest BCUT2D eigenvalue weighted by Gasteiger charge is 2.22. The van der Waals surface area contributed by atoms with Gasteiger partial charge in [-0.1, -0.05) is 24.3 Å². The summed E-state index contributed by atoms with van der Waals surface area (Å²) in [6.07, 6.45) is 2.14. The number of amides is 1. The van der Waals surface area contributed by atoms with Gasteiger partial charge in [0.2, 0.25) is 0 Å². The van der Waals surface area contributed by atoms with E-state index >= 15 is 0 Å². The second kappa shape index (κ2) is 7.26. The van der Waals surface area contributed by atoms with Gasteiger partial charge in [0.1, 0.15) is 5.82 Å². The van der Waals surface area contributed by atoms with Gasteiger partial charge in [0.15, 0.2) is 0 Å². The number of nitro benzene ring substituents is 1. The molecule has 3 aromatic rings. The quantitative estimate of drug-likeness (QED) is 0.542. The number of pyridine rings is 1. The molecule has 1 amide bonds. The number of nitrogens with zero attached hydrogens (tertiary/aromatic N) is 3. The monoisotopic (exact) mass is 376 g/mol. The van der Waals surface area contributed by atoms with Gasteiger partial charge in [-0.2, -0.15) is 0 Å². The Labute approximate surface area is 162 Å². The van der Waals surface area contributed by atoms with Crippen molar-refractivity contribution in [3.05, 3.63) is 69.8 Å². The molecule has 7 nitrogen and oxygen atoms in total. The summed E-state index contributed by atoms with van der Waals surface area (Å²) in [5.41, 5.74) is 2.24. The zero-order valence-corrected chi connectivity index (χ0v) is 15.5. The number of fused-ring (bicyclic) bond motifs is 1. The molecule has 1 aliphatic heterocycles. The van der Waals surface area contributed by atoms with Crippen molar-refractivity contribution in [1.82, 2.24) is 4.98 Å². The molecule has 1 saturated heterocycles. The van der Waals surface area contributed by atoms with Crippen molar-refractivity contribution in [2.24, 2.45) is 0 Å². The highest BCUT2D eigenvalue weighted by atomic mass is 16.6. The first-order valence-corrected chi connectivity index (χ1v) is 9.24. The smallest absolute Gasteiger partial charge is 0.274 e. The SMILES string of the molecule is Cc1ccc(NC(=O)c2cc3ccccc3nc2N2CCCC2)cc1[N+](=O)[O-]. The topological polar surface area (TPSA) is 88.4 Å². The van der Waals surface area contributed by atoms with Gasteiger partial charge < -0.3 is 10.2 Å². The van der Waals surface area contributed by atoms with Crippen molar-refractivity contribution >= 4 is 34.0 Å². The van der Waals surface area contributed by atoms with E-state index in [9.17, 15) is 14.9 Å². The fourth-order valence-corrected chi connectivity index (χ4v) is 3.53. The van der Waals surface area contributed by atoms with Crippen LogP contribution in [-0.2, 0) is 0 Å². The number of rotatable bonds is 4. The molecule has 1 fully saturated rings. The molecule has 0 spiro atoms. The van der Waals surface area contributed by atoms with Gasteiger partial charge in [-0.3, -0.25) is 14.9 Å². The van der Waals surface area contributed by atoms with Crippen molar-refractivity contribution in [1.29, 1.82) is 0 Å². The van der Waals surface area contributed by atoms with Crippen molar-refractivity contribution in [3.63, 3.8) is 0 Å². The lowest BCUT2D eigenvalue weighted by atomic mass is 10.1. The zero-order chi connectivity index (χ0) is 19.7. The summed E-state index contributed by atoms with van der Waals surface area (Å²) in [5.74, 6) is 0.341. The average molecular weight is 376 g/mol. The number of benzene rings is 2. The molecule has 1 aliphatic rings. The largest absolute Gasteiger partial charge is 0.356 e. The highest BCUT2D eigenvalue weighted by Crippen LogP contribution is 2.28. The molecule has 1 N–H and O–H groups in total. The number of aromatic nitrogens is 1. The van der Waals surface area contributed by atoms with Gasteiger partial charge in [0.05, 0.1) is 16.0 Å². The molecule has 28 heavy (non-hydrogen) atoms. The first kappa shape index (κ1) is 17.9. The minimum absolute atomic E-state index is 0.0193. The first-order chi connectivity index (χ1) is 13.5. The number of carbonyl (C=O) groups excluding carboxylic acids is 1. The summed E-state index contributed by atoms with van der Waals surface area (Å²) < 4.78 is 0. The molecule has 0 radical (unpaired) electrons. The number of hydrogen-bond acceptors (Lipinski definition) is 5. The molecule has 4 rings (SSSR count). The Bertz CT molecular complexity index is 1070. The lowest BCUT2D eigenvalue weighted by molar-refractivity contribution is -0.385. The van der Waals surface area contributed by atoms with E-state index in [0.29, 0.717) is 22.6 Å². The number of nitrogens with one attached hydrogen (secondary N) is 1. The Kier molecular flexibility index (Phi) is 4.65. The van der Waals surface area contributed by atoms with Crippen LogP contribution in [0.1, 0.15) is 28.8 Å². The van der Waals surface area contributed by atoms with Crippen molar-refractivity contribution in [3.8, 4) is 0 Å². The Morgan fingerprint density at radius 3 is 2.64 bits per heavy atom. The standard InChI is InChI=1S/C21H20N4O3/c1-14-8-9-16(13-19(14)25(27)28)22-21(26)17-12-15-6-2-3-7-18(15)23-20(17)24-10-4-5-11-24/h2-3,6-9,12-13H,4-5,10-11H2,1H3,(H,22,26). The summed E-state index contributed by atoms with van der Waals surface area (Å²) in [7, 11) is 0. The Morgan fingerprint density at radius 2 is 1.89 bits per heavy atom. The number of carbonyl (C=O) groups is 1. The van der Waals surface area contributed by atoms with Crippen LogP contribution in [0, 0.1) is 17.0 Å². The Balaban J connectivity index is 1.73. The van der Waals surface area contributed by atoms with E-state index in [1.807, 2.05) is 30.3 Å². The van der Waals surface area contributed by atoms with Gasteiger partial charge >= 0.3 is 0 Å². The molecule has 1 aromatic heterocycles. The van der Waals surface area contributed by atoms with E-state index in [1.165, 1.54) is 6.07 Å². The molecule has 0 bridgehead atoms. The highest BCUT2D eigenvalue weighted by molar-refractivity contribution is 6.09. The third-order valence-electron chi connectivity index (χ3n) is 5.02. The predicted molar refractivity (Wildman–Crippen MR) is 109 cm³/mol. The van der Waals surface area contributed by atoms with Gasteiger partial charge in [-0.25, -0.2) is 4.98 Å². The summed E-state index contributed by atoms with van der Waals surface area (Å²) in [6, 6.07) is 14.2. The Morgan fingerprint density at radius 1 is 1.14 bits per heavy atom. The number of aryl methyl sites for hydroxylation is 1. The van der Waals surface area contributed by atoms with E-state index in [0.717, 1.165) is 36.8 Å². The maximum absolute atomic E-state index is 13.1. The molecule has 2 aromatic carbocycles. The van der Waals surface area contributed by atoms with E-state index in [1.54, 1.807) is 19.1 Å². The molecule has 0 unspecified atom stereocenters. The molecule has 0 aliphatic carbocycles. The molecule has 142 valence electrons. The predicted octanol–water partition coefficient (Wildman–Crippen LogP) is 4.30. The first-order valence-electron chi connectivity index (χ1n) is 9.24. The molecular weight excluding hydrogens is 356 g/mol. The van der Waals surface area contributed by atoms with Gasteiger partial charge in [0, 0.05) is 35.8 Å². The number of para-hydroxylation sites is 1. The lowest BCUT2D eigenvalue weighted by Crippen LogP contribution is -2.24. The summed E-state index contributed by atoms with van der Waals surface area (Å²) >= 11 is 0. The molecule has 0 saturated carbocycles. The van der Waals surface area contributed by atoms with Crippen LogP contribution >= 0.6 is 0 Å². The fraction of sp³-hybridized carbons (Fsp3) is 0.238. The fourth-order valence-electron chi connectivity index (χ4n) is 3.53. The van der Waals surface area contributed by atoms with Crippen LogP contribution < -0.4 is 10.2 Å². The molecule has 2 heterocycles. The van der Waals surface area contributed by atoms with Crippen molar-refractivity contribution in [2.45, 2.75) is 19.8 Å². The van der Waals surface area contributed by atoms with Gasteiger partial charge in [0.25, 0.3) is 11.6 Å². The van der Waals surface area contributed by atoms with Crippen molar-refractivity contribution in [2.75, 3.05) is 23.3 Å². The van der Waals surface area contributed by atoms with Crippen LogP contribution in [0.3, 0.4) is 0 Å². The van der Waals surface area contributed by atoms with Crippen LogP contribution in [-0.4, -0.2) is 28.9 Å². The lowest BCUT2D eigenvalue weighted by Gasteiger charge is -2.20. The van der Waals surface area contributed by atoms with E-state index < -0.39 is 4.92 Å². The third kappa shape index (κ3) is 3.38. The van der Waals surface area contributed by atoms with E-state index in [4.69, 9.17) is 4.98 Å². The zero-order valence-electron chi connectivity index (χ0n) is 15.5. The third-order valence-corrected chi connectivity index (χ3v) is 5.02. The minimum atomic E-state index is -0.446. The normalized spacial score (nSPS) is 13.7. The summed E-state index contributed by atoms with van der Waals surface area (Å²) in [6.45, 7) is 3.39. The molecule has 7 heteroatoms. The van der Waals surface area contributed by atoms with Crippen LogP contribution in [0.15, 0.2) is 48.5 Å². The number of nitro groups is 1. The maximum atomic E-state index is 13.1. The van der Waals surface area contributed by atoms with Crippen LogP contribution in [0.4, 0.5) is 17.2 Å². The van der Waals surface area contributed by atoms with Crippen LogP contribution in [0.5, 0.6) is 0 Å². The molecule has 0 atom stereocenters.